The summed E-state index contributed by atoms with van der Waals surface area (Å²) < 4.78 is 18.4. The van der Waals surface area contributed by atoms with Gasteiger partial charge in [-0.15, -0.1) is 0 Å². The second-order valence-electron chi connectivity index (χ2n) is 4.34. The summed E-state index contributed by atoms with van der Waals surface area (Å²) in [5, 5.41) is 8.45. The maximum Gasteiger partial charge on any atom is 0.224 e. The van der Waals surface area contributed by atoms with Crippen LogP contribution in [-0.4, -0.2) is 49.2 Å². The molecule has 118 valence electrons. The third kappa shape index (κ3) is 6.84. The molecule has 3 N–H and O–H groups in total. The number of hydrogen-bond donors (Lipinski definition) is 3. The van der Waals surface area contributed by atoms with E-state index in [2.05, 4.69) is 25.9 Å². The largest absolute Gasteiger partial charge is 0.383 e. The van der Waals surface area contributed by atoms with E-state index in [4.69, 9.17) is 4.74 Å². The first-order chi connectivity index (χ1) is 10.2. The van der Waals surface area contributed by atoms with E-state index in [-0.39, 0.29) is 18.1 Å². The van der Waals surface area contributed by atoms with Gasteiger partial charge in [0.1, 0.15) is 0 Å². The molecule has 0 spiro atoms. The number of methoxy groups -OCH3 is 1. The minimum atomic E-state index is -0.545. The normalized spacial score (nSPS) is 10.2. The number of carbonyl (C=O) groups is 1. The number of nitrogens with zero attached hydrogens (tertiary/aromatic N) is 2. The standard InChI is InChI=1S/C13H22FN5O2/c1-3-5-17-13-18-9-10(14)12(19-13)16-6-4-11(20)15-7-8-21-2/h9H,3-8H2,1-2H3,(H,15,20)(H2,16,17,18,19). The van der Waals surface area contributed by atoms with E-state index in [1.54, 1.807) is 7.11 Å². The highest BCUT2D eigenvalue weighted by Crippen LogP contribution is 2.11. The fourth-order valence-electron chi connectivity index (χ4n) is 1.49. The number of amides is 1. The Hall–Kier alpha value is -1.96. The van der Waals surface area contributed by atoms with Crippen LogP contribution in [0.3, 0.4) is 0 Å². The average Bonchev–Trinajstić information content (AvgIpc) is 2.48. The van der Waals surface area contributed by atoms with Gasteiger partial charge in [0, 0.05) is 33.2 Å². The van der Waals surface area contributed by atoms with Gasteiger partial charge >= 0.3 is 0 Å². The van der Waals surface area contributed by atoms with Crippen LogP contribution in [-0.2, 0) is 9.53 Å². The lowest BCUT2D eigenvalue weighted by molar-refractivity contribution is -0.121. The second kappa shape index (κ2) is 9.87. The van der Waals surface area contributed by atoms with E-state index in [0.29, 0.717) is 32.2 Å². The van der Waals surface area contributed by atoms with Crippen molar-refractivity contribution in [2.24, 2.45) is 0 Å². The average molecular weight is 299 g/mol. The second-order valence-corrected chi connectivity index (χ2v) is 4.34. The Morgan fingerprint density at radius 1 is 1.33 bits per heavy atom. The van der Waals surface area contributed by atoms with Crippen molar-refractivity contribution in [3.05, 3.63) is 12.0 Å². The number of aromatic nitrogens is 2. The third-order valence-corrected chi connectivity index (χ3v) is 2.55. The predicted molar refractivity (Wildman–Crippen MR) is 78.8 cm³/mol. The van der Waals surface area contributed by atoms with Crippen LogP contribution in [0.4, 0.5) is 16.2 Å². The Morgan fingerprint density at radius 2 is 2.14 bits per heavy atom. The number of halogens is 1. The molecule has 1 rings (SSSR count). The van der Waals surface area contributed by atoms with Crippen molar-refractivity contribution in [2.45, 2.75) is 19.8 Å². The number of nitrogens with one attached hydrogen (secondary N) is 3. The van der Waals surface area contributed by atoms with Gasteiger partial charge in [0.05, 0.1) is 12.8 Å². The smallest absolute Gasteiger partial charge is 0.224 e. The first-order valence-corrected chi connectivity index (χ1v) is 6.93. The molecule has 0 fully saturated rings. The van der Waals surface area contributed by atoms with Crippen molar-refractivity contribution in [3.63, 3.8) is 0 Å². The SMILES string of the molecule is CCCNc1ncc(F)c(NCCC(=O)NCCOC)n1. The molecule has 0 aromatic carbocycles. The van der Waals surface area contributed by atoms with Crippen molar-refractivity contribution in [1.82, 2.24) is 15.3 Å². The molecule has 1 aromatic rings. The topological polar surface area (TPSA) is 88.2 Å². The lowest BCUT2D eigenvalue weighted by atomic mass is 10.4. The molecular formula is C13H22FN5O2. The van der Waals surface area contributed by atoms with Crippen molar-refractivity contribution < 1.29 is 13.9 Å². The molecule has 1 heterocycles. The molecule has 0 aliphatic carbocycles. The Labute approximate surface area is 123 Å². The van der Waals surface area contributed by atoms with Gasteiger partial charge in [0.25, 0.3) is 0 Å². The predicted octanol–water partition coefficient (Wildman–Crippen LogP) is 1.00. The Bertz CT molecular complexity index is 445. The molecule has 0 bridgehead atoms. The van der Waals surface area contributed by atoms with Crippen molar-refractivity contribution in [2.75, 3.05) is 44.0 Å². The highest BCUT2D eigenvalue weighted by Gasteiger charge is 2.07. The van der Waals surface area contributed by atoms with E-state index in [1.165, 1.54) is 0 Å². The first kappa shape index (κ1) is 17.1. The summed E-state index contributed by atoms with van der Waals surface area (Å²) in [5.41, 5.74) is 0. The maximum atomic E-state index is 13.5. The minimum absolute atomic E-state index is 0.0910. The van der Waals surface area contributed by atoms with Crippen molar-refractivity contribution in [1.29, 1.82) is 0 Å². The third-order valence-electron chi connectivity index (χ3n) is 2.55. The van der Waals surface area contributed by atoms with Crippen molar-refractivity contribution in [3.8, 4) is 0 Å². The summed E-state index contributed by atoms with van der Waals surface area (Å²) in [7, 11) is 1.57. The van der Waals surface area contributed by atoms with Crippen LogP contribution < -0.4 is 16.0 Å². The molecule has 0 saturated carbocycles. The Morgan fingerprint density at radius 3 is 2.86 bits per heavy atom. The molecule has 1 aromatic heterocycles. The first-order valence-electron chi connectivity index (χ1n) is 6.93. The van der Waals surface area contributed by atoms with E-state index < -0.39 is 5.82 Å². The van der Waals surface area contributed by atoms with E-state index >= 15 is 0 Å². The molecule has 0 atom stereocenters. The van der Waals surface area contributed by atoms with E-state index in [0.717, 1.165) is 12.6 Å². The number of carbonyl (C=O) groups excluding carboxylic acids is 1. The summed E-state index contributed by atoms with van der Waals surface area (Å²) in [5.74, 6) is -0.214. The molecule has 7 nitrogen and oxygen atoms in total. The van der Waals surface area contributed by atoms with Gasteiger partial charge in [-0.1, -0.05) is 6.92 Å². The lowest BCUT2D eigenvalue weighted by Crippen LogP contribution is -2.28. The van der Waals surface area contributed by atoms with Crippen LogP contribution in [0.25, 0.3) is 0 Å². The quantitative estimate of drug-likeness (QED) is 0.559. The van der Waals surface area contributed by atoms with Gasteiger partial charge in [-0.2, -0.15) is 4.98 Å². The number of rotatable bonds is 10. The van der Waals surface area contributed by atoms with E-state index in [1.807, 2.05) is 6.92 Å². The molecule has 1 amide bonds. The summed E-state index contributed by atoms with van der Waals surface area (Å²) in [4.78, 5) is 19.3. The van der Waals surface area contributed by atoms with Gasteiger partial charge in [-0.3, -0.25) is 4.79 Å². The fourth-order valence-corrected chi connectivity index (χ4v) is 1.49. The zero-order valence-electron chi connectivity index (χ0n) is 12.4. The van der Waals surface area contributed by atoms with Gasteiger partial charge in [0.15, 0.2) is 11.6 Å². The van der Waals surface area contributed by atoms with Crippen molar-refractivity contribution >= 4 is 17.7 Å². The minimum Gasteiger partial charge on any atom is -0.383 e. The maximum absolute atomic E-state index is 13.5. The van der Waals surface area contributed by atoms with Gasteiger partial charge in [-0.25, -0.2) is 9.37 Å². The Kier molecular flexibility index (Phi) is 8.03. The highest BCUT2D eigenvalue weighted by atomic mass is 19.1. The Balaban J connectivity index is 2.38. The molecule has 0 unspecified atom stereocenters. The van der Waals surface area contributed by atoms with E-state index in [9.17, 15) is 9.18 Å². The number of anilines is 2. The van der Waals surface area contributed by atoms with Crippen LogP contribution >= 0.6 is 0 Å². The summed E-state index contributed by atoms with van der Waals surface area (Å²) >= 11 is 0. The monoisotopic (exact) mass is 299 g/mol. The molecular weight excluding hydrogens is 277 g/mol. The molecule has 0 saturated heterocycles. The summed E-state index contributed by atoms with van der Waals surface area (Å²) in [6.45, 7) is 3.94. The van der Waals surface area contributed by atoms with Gasteiger partial charge in [0.2, 0.25) is 11.9 Å². The zero-order valence-corrected chi connectivity index (χ0v) is 12.4. The van der Waals surface area contributed by atoms with Crippen LogP contribution in [0, 0.1) is 5.82 Å². The fraction of sp³-hybridized carbons (Fsp3) is 0.615. The van der Waals surface area contributed by atoms with Crippen LogP contribution in [0.5, 0.6) is 0 Å². The molecule has 8 heteroatoms. The molecule has 0 aliphatic rings. The van der Waals surface area contributed by atoms with Gasteiger partial charge < -0.3 is 20.7 Å². The number of hydrogen-bond acceptors (Lipinski definition) is 6. The van der Waals surface area contributed by atoms with Gasteiger partial charge in [-0.05, 0) is 6.42 Å². The zero-order chi connectivity index (χ0) is 15.5. The lowest BCUT2D eigenvalue weighted by Gasteiger charge is -2.09. The highest BCUT2D eigenvalue weighted by molar-refractivity contribution is 5.76. The molecule has 0 radical (unpaired) electrons. The van der Waals surface area contributed by atoms with Crippen LogP contribution in [0.1, 0.15) is 19.8 Å². The molecule has 0 aliphatic heterocycles. The summed E-state index contributed by atoms with van der Waals surface area (Å²) in [6, 6.07) is 0. The summed E-state index contributed by atoms with van der Waals surface area (Å²) in [6.07, 6.45) is 2.25. The van der Waals surface area contributed by atoms with Crippen LogP contribution in [0.15, 0.2) is 6.20 Å². The van der Waals surface area contributed by atoms with Crippen LogP contribution in [0.2, 0.25) is 0 Å². The molecule has 21 heavy (non-hydrogen) atoms. The number of ether oxygens (including phenoxy) is 1.